The lowest BCUT2D eigenvalue weighted by Gasteiger charge is -2.45. The highest BCUT2D eigenvalue weighted by molar-refractivity contribution is 6.07. The van der Waals surface area contributed by atoms with Crippen LogP contribution in [0.15, 0.2) is 60.7 Å². The van der Waals surface area contributed by atoms with Gasteiger partial charge >= 0.3 is 6.03 Å². The largest absolute Gasteiger partial charge is 0.326 e. The van der Waals surface area contributed by atoms with Gasteiger partial charge in [-0.25, -0.2) is 9.69 Å². The summed E-state index contributed by atoms with van der Waals surface area (Å²) in [5, 5.41) is 3.10. The molecule has 2 heterocycles. The van der Waals surface area contributed by atoms with Crippen molar-refractivity contribution in [3.63, 3.8) is 0 Å². The molecule has 5 nitrogen and oxygen atoms in total. The molecular weight excluding hydrogens is 386 g/mol. The van der Waals surface area contributed by atoms with Gasteiger partial charge in [0, 0.05) is 19.0 Å². The minimum Gasteiger partial charge on any atom is -0.319 e. The van der Waals surface area contributed by atoms with Crippen LogP contribution in [0.1, 0.15) is 49.7 Å². The summed E-state index contributed by atoms with van der Waals surface area (Å²) in [7, 11) is 0. The second kappa shape index (κ2) is 8.46. The van der Waals surface area contributed by atoms with E-state index in [1.54, 1.807) is 0 Å². The number of carbonyl (C=O) groups is 2. The van der Waals surface area contributed by atoms with Gasteiger partial charge < -0.3 is 5.32 Å². The molecule has 2 aromatic carbocycles. The predicted molar refractivity (Wildman–Crippen MR) is 120 cm³/mol. The van der Waals surface area contributed by atoms with E-state index in [4.69, 9.17) is 0 Å². The first-order valence-electron chi connectivity index (χ1n) is 11.6. The van der Waals surface area contributed by atoms with E-state index >= 15 is 0 Å². The van der Waals surface area contributed by atoms with Crippen LogP contribution in [-0.2, 0) is 16.8 Å². The summed E-state index contributed by atoms with van der Waals surface area (Å²) in [5.74, 6) is 0.581. The van der Waals surface area contributed by atoms with Gasteiger partial charge in [0.15, 0.2) is 5.54 Å². The van der Waals surface area contributed by atoms with E-state index in [0.29, 0.717) is 25.0 Å². The maximum atomic E-state index is 13.9. The Hall–Kier alpha value is -2.66. The van der Waals surface area contributed by atoms with Crippen LogP contribution >= 0.6 is 0 Å². The monoisotopic (exact) mass is 417 g/mol. The zero-order valence-electron chi connectivity index (χ0n) is 18.0. The molecule has 3 atom stereocenters. The van der Waals surface area contributed by atoms with Gasteiger partial charge in [-0.15, -0.1) is 0 Å². The molecule has 3 aliphatic rings. The molecule has 5 rings (SSSR count). The number of urea groups is 1. The topological polar surface area (TPSA) is 52.7 Å². The molecule has 1 N–H and O–H groups in total. The van der Waals surface area contributed by atoms with Gasteiger partial charge in [-0.3, -0.25) is 9.69 Å². The molecule has 2 saturated heterocycles. The fraction of sp³-hybridized carbons (Fsp3) is 0.462. The van der Waals surface area contributed by atoms with Crippen LogP contribution in [0.3, 0.4) is 0 Å². The van der Waals surface area contributed by atoms with Gasteiger partial charge in [0.1, 0.15) is 0 Å². The summed E-state index contributed by atoms with van der Waals surface area (Å²) >= 11 is 0. The Balaban J connectivity index is 1.44. The smallest absolute Gasteiger partial charge is 0.319 e. The van der Waals surface area contributed by atoms with E-state index < -0.39 is 5.54 Å². The fourth-order valence-electron chi connectivity index (χ4n) is 5.88. The standard InChI is InChI=1S/C26H31N3O2/c30-24-26(22-14-5-2-6-15-22,18-20-10-3-1-4-11-20)27-25(31)29(24)19-28-17-9-13-21-12-7-8-16-23(21)28/h1-6,10-11,14-15,21,23H,7-9,12-13,16-19H2,(H,27,31)/t21-,23-,26+/m0/s1. The van der Waals surface area contributed by atoms with E-state index in [0.717, 1.165) is 24.1 Å². The molecule has 1 saturated carbocycles. The highest BCUT2D eigenvalue weighted by atomic mass is 16.2. The van der Waals surface area contributed by atoms with Gasteiger partial charge in [0.25, 0.3) is 5.91 Å². The van der Waals surface area contributed by atoms with Crippen molar-refractivity contribution in [1.29, 1.82) is 0 Å². The molecule has 2 aliphatic heterocycles. The average molecular weight is 418 g/mol. The van der Waals surface area contributed by atoms with Crippen molar-refractivity contribution in [2.45, 2.75) is 56.5 Å². The third-order valence-corrected chi connectivity index (χ3v) is 7.44. The minimum absolute atomic E-state index is 0.134. The highest BCUT2D eigenvalue weighted by Crippen LogP contribution is 2.37. The van der Waals surface area contributed by atoms with E-state index in [9.17, 15) is 9.59 Å². The number of piperidine rings is 1. The minimum atomic E-state index is -1.05. The number of hydrogen-bond donors (Lipinski definition) is 1. The summed E-state index contributed by atoms with van der Waals surface area (Å²) in [6.07, 6.45) is 7.91. The van der Waals surface area contributed by atoms with Crippen molar-refractivity contribution in [2.24, 2.45) is 5.92 Å². The maximum Gasteiger partial charge on any atom is 0.326 e. The molecule has 2 aromatic rings. The van der Waals surface area contributed by atoms with E-state index in [2.05, 4.69) is 10.2 Å². The van der Waals surface area contributed by atoms with Crippen molar-refractivity contribution in [3.05, 3.63) is 71.8 Å². The molecule has 162 valence electrons. The number of rotatable bonds is 5. The van der Waals surface area contributed by atoms with Gasteiger partial charge in [-0.1, -0.05) is 73.5 Å². The van der Waals surface area contributed by atoms with E-state index in [-0.39, 0.29) is 11.9 Å². The Morgan fingerprint density at radius 1 is 0.871 bits per heavy atom. The third-order valence-electron chi connectivity index (χ3n) is 7.44. The van der Waals surface area contributed by atoms with Crippen LogP contribution < -0.4 is 5.32 Å². The lowest BCUT2D eigenvalue weighted by Crippen LogP contribution is -2.53. The quantitative estimate of drug-likeness (QED) is 0.739. The zero-order valence-corrected chi connectivity index (χ0v) is 18.0. The summed E-state index contributed by atoms with van der Waals surface area (Å²) in [6, 6.07) is 19.9. The number of amides is 3. The van der Waals surface area contributed by atoms with Crippen LogP contribution in [0, 0.1) is 5.92 Å². The summed E-state index contributed by atoms with van der Waals surface area (Å²) in [5.41, 5.74) is 0.822. The summed E-state index contributed by atoms with van der Waals surface area (Å²) in [6.45, 7) is 1.37. The third kappa shape index (κ3) is 3.76. The molecule has 0 aromatic heterocycles. The van der Waals surface area contributed by atoms with Crippen molar-refractivity contribution >= 4 is 11.9 Å². The molecule has 0 radical (unpaired) electrons. The van der Waals surface area contributed by atoms with Crippen LogP contribution in [-0.4, -0.2) is 41.0 Å². The second-order valence-electron chi connectivity index (χ2n) is 9.30. The Bertz CT molecular complexity index is 930. The first-order chi connectivity index (χ1) is 15.2. The fourth-order valence-corrected chi connectivity index (χ4v) is 5.88. The number of imide groups is 1. The van der Waals surface area contributed by atoms with Gasteiger partial charge in [0.2, 0.25) is 0 Å². The van der Waals surface area contributed by atoms with Gasteiger partial charge in [0.05, 0.1) is 6.67 Å². The molecule has 3 amide bonds. The van der Waals surface area contributed by atoms with E-state index in [1.807, 2.05) is 60.7 Å². The number of hydrogen-bond acceptors (Lipinski definition) is 3. The number of likely N-dealkylation sites (tertiary alicyclic amines) is 1. The Morgan fingerprint density at radius 2 is 1.55 bits per heavy atom. The molecule has 3 fully saturated rings. The molecule has 1 aliphatic carbocycles. The van der Waals surface area contributed by atoms with Crippen LogP contribution in [0.4, 0.5) is 4.79 Å². The average Bonchev–Trinajstić information content (AvgIpc) is 3.05. The predicted octanol–water partition coefficient (Wildman–Crippen LogP) is 4.29. The Morgan fingerprint density at radius 3 is 2.32 bits per heavy atom. The van der Waals surface area contributed by atoms with Gasteiger partial charge in [-0.05, 0) is 42.7 Å². The SMILES string of the molecule is O=C1N[C@](Cc2ccccc2)(c2ccccc2)C(=O)N1CN1CCC[C@@H]2CCCC[C@@H]21. The molecule has 0 bridgehead atoms. The molecule has 0 unspecified atom stereocenters. The summed E-state index contributed by atoms with van der Waals surface area (Å²) < 4.78 is 0. The van der Waals surface area contributed by atoms with Crippen molar-refractivity contribution in [1.82, 2.24) is 15.1 Å². The second-order valence-corrected chi connectivity index (χ2v) is 9.30. The van der Waals surface area contributed by atoms with Gasteiger partial charge in [-0.2, -0.15) is 0 Å². The maximum absolute atomic E-state index is 13.9. The first kappa shape index (κ1) is 20.3. The first-order valence-corrected chi connectivity index (χ1v) is 11.6. The summed E-state index contributed by atoms with van der Waals surface area (Å²) in [4.78, 5) is 30.9. The highest BCUT2D eigenvalue weighted by Gasteiger charge is 2.53. The van der Waals surface area contributed by atoms with Crippen molar-refractivity contribution < 1.29 is 9.59 Å². The molecule has 31 heavy (non-hydrogen) atoms. The lowest BCUT2D eigenvalue weighted by atomic mass is 9.78. The van der Waals surface area contributed by atoms with E-state index in [1.165, 1.54) is 37.0 Å². The van der Waals surface area contributed by atoms with Crippen LogP contribution in [0.25, 0.3) is 0 Å². The van der Waals surface area contributed by atoms with Crippen molar-refractivity contribution in [3.8, 4) is 0 Å². The number of benzene rings is 2. The van der Waals surface area contributed by atoms with Crippen LogP contribution in [0.2, 0.25) is 0 Å². The molecule has 0 spiro atoms. The number of nitrogens with one attached hydrogen (secondary N) is 1. The molecular formula is C26H31N3O2. The Kier molecular flexibility index (Phi) is 5.53. The zero-order chi connectivity index (χ0) is 21.3. The number of nitrogens with zero attached hydrogens (tertiary/aromatic N) is 2. The van der Waals surface area contributed by atoms with Crippen LogP contribution in [0.5, 0.6) is 0 Å². The normalized spacial score (nSPS) is 29.0. The molecule has 5 heteroatoms. The number of carbonyl (C=O) groups excluding carboxylic acids is 2. The lowest BCUT2D eigenvalue weighted by molar-refractivity contribution is -0.134. The Labute approximate surface area is 184 Å². The van der Waals surface area contributed by atoms with Crippen molar-refractivity contribution in [2.75, 3.05) is 13.2 Å². The number of fused-ring (bicyclic) bond motifs is 1.